The van der Waals surface area contributed by atoms with Crippen LogP contribution in [0.2, 0.25) is 0 Å². The molecule has 0 amide bonds. The SMILES string of the molecule is CN(C)S(=O)(=O)NCCn1cc(CCC(F)(F)F)c2cc(Br)ccc21. The molecule has 0 unspecified atom stereocenters. The zero-order valence-corrected chi connectivity index (χ0v) is 16.2. The second-order valence-corrected chi connectivity index (χ2v) is 8.69. The largest absolute Gasteiger partial charge is 0.389 e. The van der Waals surface area contributed by atoms with Gasteiger partial charge in [0.2, 0.25) is 0 Å². The van der Waals surface area contributed by atoms with Crippen LogP contribution in [0, 0.1) is 0 Å². The van der Waals surface area contributed by atoms with Gasteiger partial charge in [-0.05, 0) is 30.2 Å². The van der Waals surface area contributed by atoms with Crippen molar-refractivity contribution in [3.63, 3.8) is 0 Å². The Hall–Kier alpha value is -1.10. The quantitative estimate of drug-likeness (QED) is 0.716. The van der Waals surface area contributed by atoms with E-state index in [0.717, 1.165) is 19.7 Å². The summed E-state index contributed by atoms with van der Waals surface area (Å²) in [6, 6.07) is 5.38. The number of benzene rings is 1. The fraction of sp³-hybridized carbons (Fsp3) is 0.467. The third-order valence-corrected chi connectivity index (χ3v) is 5.74. The van der Waals surface area contributed by atoms with Crippen LogP contribution >= 0.6 is 15.9 Å². The lowest BCUT2D eigenvalue weighted by atomic mass is 10.1. The first-order valence-electron chi connectivity index (χ1n) is 7.51. The molecule has 0 radical (unpaired) electrons. The Balaban J connectivity index is 2.22. The van der Waals surface area contributed by atoms with E-state index >= 15 is 0 Å². The summed E-state index contributed by atoms with van der Waals surface area (Å²) in [5.41, 5.74) is 1.36. The maximum Gasteiger partial charge on any atom is 0.389 e. The molecule has 0 fully saturated rings. The number of nitrogens with one attached hydrogen (secondary N) is 1. The van der Waals surface area contributed by atoms with Gasteiger partial charge in [-0.3, -0.25) is 0 Å². The van der Waals surface area contributed by atoms with Gasteiger partial charge >= 0.3 is 6.18 Å². The third-order valence-electron chi connectivity index (χ3n) is 3.72. The molecule has 0 atom stereocenters. The van der Waals surface area contributed by atoms with Gasteiger partial charge < -0.3 is 4.57 Å². The molecule has 5 nitrogen and oxygen atoms in total. The van der Waals surface area contributed by atoms with Gasteiger partial charge in [-0.15, -0.1) is 0 Å². The van der Waals surface area contributed by atoms with E-state index < -0.39 is 22.8 Å². The number of fused-ring (bicyclic) bond motifs is 1. The maximum atomic E-state index is 12.5. The number of halogens is 4. The lowest BCUT2D eigenvalue weighted by molar-refractivity contribution is -0.133. The van der Waals surface area contributed by atoms with Crippen LogP contribution in [-0.4, -0.2) is 44.1 Å². The molecular formula is C15H19BrF3N3O2S. The molecule has 2 aromatic rings. The molecule has 2 rings (SSSR count). The van der Waals surface area contributed by atoms with E-state index in [-0.39, 0.29) is 13.0 Å². The zero-order valence-electron chi connectivity index (χ0n) is 13.8. The van der Waals surface area contributed by atoms with E-state index in [1.807, 2.05) is 0 Å². The molecule has 0 bridgehead atoms. The van der Waals surface area contributed by atoms with Crippen molar-refractivity contribution in [1.29, 1.82) is 0 Å². The molecule has 1 heterocycles. The number of aryl methyl sites for hydroxylation is 1. The van der Waals surface area contributed by atoms with Gasteiger partial charge in [-0.2, -0.15) is 25.9 Å². The fourth-order valence-corrected chi connectivity index (χ4v) is 3.40. The van der Waals surface area contributed by atoms with Crippen molar-refractivity contribution in [2.45, 2.75) is 25.6 Å². The topological polar surface area (TPSA) is 54.3 Å². The first kappa shape index (κ1) is 20.2. The Labute approximate surface area is 153 Å². The molecule has 0 spiro atoms. The van der Waals surface area contributed by atoms with Crippen LogP contribution < -0.4 is 4.72 Å². The van der Waals surface area contributed by atoms with E-state index in [2.05, 4.69) is 20.7 Å². The maximum absolute atomic E-state index is 12.5. The smallest absolute Gasteiger partial charge is 0.346 e. The standard InChI is InChI=1S/C15H19BrF3N3O2S/c1-21(2)25(23,24)20-7-8-22-10-11(5-6-15(17,18)19)13-9-12(16)3-4-14(13)22/h3-4,9-10,20H,5-8H2,1-2H3. The lowest BCUT2D eigenvalue weighted by Gasteiger charge is -2.13. The third kappa shape index (κ3) is 5.44. The van der Waals surface area contributed by atoms with Gasteiger partial charge in [-0.1, -0.05) is 15.9 Å². The first-order valence-corrected chi connectivity index (χ1v) is 9.74. The average Bonchev–Trinajstić information content (AvgIpc) is 2.81. The Morgan fingerprint density at radius 2 is 1.96 bits per heavy atom. The number of hydrogen-bond acceptors (Lipinski definition) is 2. The second kappa shape index (κ2) is 7.65. The molecule has 10 heteroatoms. The molecule has 0 saturated heterocycles. The van der Waals surface area contributed by atoms with Crippen molar-refractivity contribution < 1.29 is 21.6 Å². The summed E-state index contributed by atoms with van der Waals surface area (Å²) in [5.74, 6) is 0. The lowest BCUT2D eigenvalue weighted by Crippen LogP contribution is -2.37. The van der Waals surface area contributed by atoms with Crippen LogP contribution in [0.5, 0.6) is 0 Å². The highest BCUT2D eigenvalue weighted by Crippen LogP contribution is 2.29. The van der Waals surface area contributed by atoms with Gasteiger partial charge in [0.25, 0.3) is 10.2 Å². The van der Waals surface area contributed by atoms with Crippen molar-refractivity contribution in [3.05, 3.63) is 34.4 Å². The molecule has 1 aromatic heterocycles. The highest BCUT2D eigenvalue weighted by Gasteiger charge is 2.27. The molecule has 0 aliphatic carbocycles. The van der Waals surface area contributed by atoms with Crippen LogP contribution in [0.3, 0.4) is 0 Å². The van der Waals surface area contributed by atoms with Crippen LogP contribution in [0.25, 0.3) is 10.9 Å². The van der Waals surface area contributed by atoms with Gasteiger partial charge in [0.15, 0.2) is 0 Å². The van der Waals surface area contributed by atoms with Crippen molar-refractivity contribution >= 4 is 37.0 Å². The number of rotatable bonds is 7. The minimum atomic E-state index is -4.22. The highest BCUT2D eigenvalue weighted by atomic mass is 79.9. The second-order valence-electron chi connectivity index (χ2n) is 5.81. The van der Waals surface area contributed by atoms with Gasteiger partial charge in [0.1, 0.15) is 0 Å². The van der Waals surface area contributed by atoms with Crippen LogP contribution in [0.15, 0.2) is 28.9 Å². The number of alkyl halides is 3. The summed E-state index contributed by atoms with van der Waals surface area (Å²) in [6.07, 6.45) is -3.58. The molecule has 140 valence electrons. The average molecular weight is 442 g/mol. The summed E-state index contributed by atoms with van der Waals surface area (Å²) < 4.78 is 67.1. The Morgan fingerprint density at radius 1 is 1.28 bits per heavy atom. The van der Waals surface area contributed by atoms with E-state index in [0.29, 0.717) is 12.1 Å². The molecule has 25 heavy (non-hydrogen) atoms. The predicted molar refractivity (Wildman–Crippen MR) is 94.6 cm³/mol. The molecular weight excluding hydrogens is 423 g/mol. The number of nitrogens with zero attached hydrogens (tertiary/aromatic N) is 2. The Bertz CT molecular complexity index is 848. The molecule has 1 N–H and O–H groups in total. The van der Waals surface area contributed by atoms with Crippen molar-refractivity contribution in [1.82, 2.24) is 13.6 Å². The summed E-state index contributed by atoms with van der Waals surface area (Å²) >= 11 is 3.33. The molecule has 1 aromatic carbocycles. The van der Waals surface area contributed by atoms with E-state index in [1.54, 1.807) is 29.0 Å². The van der Waals surface area contributed by atoms with Crippen LogP contribution in [0.1, 0.15) is 12.0 Å². The van der Waals surface area contributed by atoms with E-state index in [4.69, 9.17) is 0 Å². The van der Waals surface area contributed by atoms with E-state index in [1.165, 1.54) is 14.1 Å². The summed E-state index contributed by atoms with van der Waals surface area (Å²) in [7, 11) is -0.704. The van der Waals surface area contributed by atoms with Gasteiger partial charge in [0.05, 0.1) is 0 Å². The molecule has 0 aliphatic heterocycles. The van der Waals surface area contributed by atoms with Crippen molar-refractivity contribution in [2.75, 3.05) is 20.6 Å². The number of hydrogen-bond donors (Lipinski definition) is 1. The van der Waals surface area contributed by atoms with Crippen LogP contribution in [-0.2, 0) is 23.2 Å². The van der Waals surface area contributed by atoms with Gasteiger partial charge in [0, 0.05) is 55.2 Å². The van der Waals surface area contributed by atoms with Gasteiger partial charge in [-0.25, -0.2) is 4.72 Å². The zero-order chi connectivity index (χ0) is 18.8. The van der Waals surface area contributed by atoms with Crippen molar-refractivity contribution in [3.8, 4) is 0 Å². The normalized spacial score (nSPS) is 13.1. The Kier molecular flexibility index (Phi) is 6.18. The molecule has 0 aliphatic rings. The predicted octanol–water partition coefficient (Wildman–Crippen LogP) is 3.29. The number of aromatic nitrogens is 1. The summed E-state index contributed by atoms with van der Waals surface area (Å²) in [4.78, 5) is 0. The first-order chi connectivity index (χ1) is 11.5. The highest BCUT2D eigenvalue weighted by molar-refractivity contribution is 9.10. The molecule has 0 saturated carbocycles. The minimum Gasteiger partial charge on any atom is -0.346 e. The van der Waals surface area contributed by atoms with Crippen LogP contribution in [0.4, 0.5) is 13.2 Å². The Morgan fingerprint density at radius 3 is 2.56 bits per heavy atom. The fourth-order valence-electron chi connectivity index (χ4n) is 2.43. The summed E-state index contributed by atoms with van der Waals surface area (Å²) in [5, 5.41) is 0.731. The van der Waals surface area contributed by atoms with E-state index in [9.17, 15) is 21.6 Å². The van der Waals surface area contributed by atoms with Crippen molar-refractivity contribution in [2.24, 2.45) is 0 Å². The monoisotopic (exact) mass is 441 g/mol. The summed E-state index contributed by atoms with van der Waals surface area (Å²) in [6.45, 7) is 0.455. The minimum absolute atomic E-state index is 0.118.